The molecule has 0 saturated heterocycles. The van der Waals surface area contributed by atoms with Crippen LogP contribution in [0.1, 0.15) is 28.3 Å². The summed E-state index contributed by atoms with van der Waals surface area (Å²) in [6.45, 7) is 4.25. The Morgan fingerprint density at radius 1 is 1.00 bits per heavy atom. The molecule has 1 atom stereocenters. The second kappa shape index (κ2) is 5.89. The summed E-state index contributed by atoms with van der Waals surface area (Å²) in [6, 6.07) is 14.9. The Morgan fingerprint density at radius 3 is 2.37 bits per heavy atom. The van der Waals surface area contributed by atoms with Crippen LogP contribution in [0.2, 0.25) is 0 Å². The van der Waals surface area contributed by atoms with E-state index in [2.05, 4.69) is 55.6 Å². The lowest BCUT2D eigenvalue weighted by Gasteiger charge is -2.22. The van der Waals surface area contributed by atoms with Crippen molar-refractivity contribution in [3.05, 3.63) is 64.7 Å². The Balaban J connectivity index is 2.54. The Morgan fingerprint density at radius 2 is 1.74 bits per heavy atom. The van der Waals surface area contributed by atoms with Crippen molar-refractivity contribution in [1.29, 1.82) is 0 Å². The van der Waals surface area contributed by atoms with E-state index in [4.69, 9.17) is 4.74 Å². The largest absolute Gasteiger partial charge is 0.496 e. The minimum atomic E-state index is 0.149. The van der Waals surface area contributed by atoms with Gasteiger partial charge in [0.25, 0.3) is 0 Å². The fourth-order valence-corrected chi connectivity index (χ4v) is 2.47. The summed E-state index contributed by atoms with van der Waals surface area (Å²) >= 11 is 0. The van der Waals surface area contributed by atoms with Crippen LogP contribution in [0.4, 0.5) is 0 Å². The molecule has 0 amide bonds. The molecule has 0 aliphatic heterocycles. The Labute approximate surface area is 115 Å². The summed E-state index contributed by atoms with van der Waals surface area (Å²) in [4.78, 5) is 0. The van der Waals surface area contributed by atoms with Crippen molar-refractivity contribution in [3.8, 4) is 5.75 Å². The van der Waals surface area contributed by atoms with E-state index in [0.717, 1.165) is 5.75 Å². The Bertz CT molecular complexity index is 563. The normalized spacial score (nSPS) is 12.2. The van der Waals surface area contributed by atoms with E-state index in [1.165, 1.54) is 22.3 Å². The van der Waals surface area contributed by atoms with Gasteiger partial charge in [0, 0.05) is 5.56 Å². The van der Waals surface area contributed by atoms with E-state index >= 15 is 0 Å². The van der Waals surface area contributed by atoms with Gasteiger partial charge in [-0.15, -0.1) is 0 Å². The van der Waals surface area contributed by atoms with Crippen LogP contribution in [0.5, 0.6) is 5.75 Å². The fourth-order valence-electron chi connectivity index (χ4n) is 2.47. The Kier molecular flexibility index (Phi) is 4.23. The zero-order chi connectivity index (χ0) is 13.8. The van der Waals surface area contributed by atoms with Crippen molar-refractivity contribution < 1.29 is 4.74 Å². The monoisotopic (exact) mass is 255 g/mol. The highest BCUT2D eigenvalue weighted by atomic mass is 16.5. The molecule has 0 bridgehead atoms. The number of methoxy groups -OCH3 is 1. The van der Waals surface area contributed by atoms with Gasteiger partial charge in [-0.1, -0.05) is 42.0 Å². The van der Waals surface area contributed by atoms with E-state index in [9.17, 15) is 0 Å². The molecule has 0 aliphatic rings. The van der Waals surface area contributed by atoms with E-state index in [1.807, 2.05) is 13.1 Å². The summed E-state index contributed by atoms with van der Waals surface area (Å²) < 4.78 is 5.50. The van der Waals surface area contributed by atoms with Gasteiger partial charge in [0.05, 0.1) is 13.2 Å². The van der Waals surface area contributed by atoms with Crippen molar-refractivity contribution in [2.75, 3.05) is 14.2 Å². The van der Waals surface area contributed by atoms with Crippen molar-refractivity contribution in [1.82, 2.24) is 5.32 Å². The molecule has 1 N–H and O–H groups in total. The van der Waals surface area contributed by atoms with E-state index in [-0.39, 0.29) is 6.04 Å². The zero-order valence-electron chi connectivity index (χ0n) is 12.0. The van der Waals surface area contributed by atoms with Crippen LogP contribution in [-0.4, -0.2) is 14.2 Å². The summed E-state index contributed by atoms with van der Waals surface area (Å²) in [6.07, 6.45) is 0. The van der Waals surface area contributed by atoms with Crippen molar-refractivity contribution in [2.45, 2.75) is 19.9 Å². The number of benzene rings is 2. The first-order valence-corrected chi connectivity index (χ1v) is 6.54. The second-order valence-electron chi connectivity index (χ2n) is 4.82. The van der Waals surface area contributed by atoms with Gasteiger partial charge in [-0.25, -0.2) is 0 Å². The molecule has 0 radical (unpaired) electrons. The van der Waals surface area contributed by atoms with Gasteiger partial charge >= 0.3 is 0 Å². The summed E-state index contributed by atoms with van der Waals surface area (Å²) in [7, 11) is 3.71. The number of nitrogens with one attached hydrogen (secondary N) is 1. The van der Waals surface area contributed by atoms with Gasteiger partial charge in [-0.2, -0.15) is 0 Å². The first-order chi connectivity index (χ1) is 9.17. The molecular formula is C17H21NO. The molecule has 2 heteroatoms. The third-order valence-corrected chi connectivity index (χ3v) is 3.48. The molecule has 0 heterocycles. The molecule has 0 saturated carbocycles. The number of hydrogen-bond acceptors (Lipinski definition) is 2. The van der Waals surface area contributed by atoms with Gasteiger partial charge in [-0.3, -0.25) is 0 Å². The average molecular weight is 255 g/mol. The van der Waals surface area contributed by atoms with E-state index < -0.39 is 0 Å². The predicted molar refractivity (Wildman–Crippen MR) is 79.8 cm³/mol. The second-order valence-corrected chi connectivity index (χ2v) is 4.82. The topological polar surface area (TPSA) is 21.3 Å². The third kappa shape index (κ3) is 2.79. The highest BCUT2D eigenvalue weighted by Gasteiger charge is 2.18. The minimum Gasteiger partial charge on any atom is -0.496 e. The van der Waals surface area contributed by atoms with Crippen molar-refractivity contribution in [2.24, 2.45) is 0 Å². The standard InChI is InChI=1S/C17H21NO/c1-12-9-10-16(19-4)15(11-12)17(18-3)14-8-6-5-7-13(14)2/h5-11,17-18H,1-4H3. The van der Waals surface area contributed by atoms with Gasteiger partial charge in [0.1, 0.15) is 5.75 Å². The molecule has 2 aromatic rings. The molecule has 2 aromatic carbocycles. The van der Waals surface area contributed by atoms with Crippen molar-refractivity contribution in [3.63, 3.8) is 0 Å². The van der Waals surface area contributed by atoms with Crippen LogP contribution in [0, 0.1) is 13.8 Å². The summed E-state index contributed by atoms with van der Waals surface area (Å²) in [5.41, 5.74) is 4.99. The maximum absolute atomic E-state index is 5.50. The highest BCUT2D eigenvalue weighted by molar-refractivity contribution is 5.45. The van der Waals surface area contributed by atoms with Gasteiger partial charge in [0.15, 0.2) is 0 Å². The van der Waals surface area contributed by atoms with Gasteiger partial charge in [0.2, 0.25) is 0 Å². The molecule has 2 nitrogen and oxygen atoms in total. The molecule has 0 aliphatic carbocycles. The molecule has 0 fully saturated rings. The Hall–Kier alpha value is -1.80. The highest BCUT2D eigenvalue weighted by Crippen LogP contribution is 2.32. The lowest BCUT2D eigenvalue weighted by atomic mass is 9.93. The zero-order valence-corrected chi connectivity index (χ0v) is 12.0. The molecule has 0 spiro atoms. The van der Waals surface area contributed by atoms with Crippen LogP contribution in [-0.2, 0) is 0 Å². The van der Waals surface area contributed by atoms with E-state index in [0.29, 0.717) is 0 Å². The van der Waals surface area contributed by atoms with Crippen LogP contribution in [0.25, 0.3) is 0 Å². The van der Waals surface area contributed by atoms with Crippen LogP contribution >= 0.6 is 0 Å². The van der Waals surface area contributed by atoms with Crippen LogP contribution in [0.3, 0.4) is 0 Å². The maximum atomic E-state index is 5.50. The van der Waals surface area contributed by atoms with Gasteiger partial charge in [-0.05, 0) is 38.1 Å². The molecule has 2 rings (SSSR count). The maximum Gasteiger partial charge on any atom is 0.123 e. The first-order valence-electron chi connectivity index (χ1n) is 6.54. The first kappa shape index (κ1) is 13.6. The quantitative estimate of drug-likeness (QED) is 0.901. The molecule has 19 heavy (non-hydrogen) atoms. The van der Waals surface area contributed by atoms with Crippen LogP contribution < -0.4 is 10.1 Å². The third-order valence-electron chi connectivity index (χ3n) is 3.48. The predicted octanol–water partition coefficient (Wildman–Crippen LogP) is 3.62. The number of hydrogen-bond donors (Lipinski definition) is 1. The van der Waals surface area contributed by atoms with Gasteiger partial charge < -0.3 is 10.1 Å². The molecule has 1 unspecified atom stereocenters. The SMILES string of the molecule is CNC(c1ccccc1C)c1cc(C)ccc1OC. The average Bonchev–Trinajstić information content (AvgIpc) is 2.42. The smallest absolute Gasteiger partial charge is 0.123 e. The number of aryl methyl sites for hydroxylation is 2. The molecular weight excluding hydrogens is 234 g/mol. The number of rotatable bonds is 4. The van der Waals surface area contributed by atoms with E-state index in [1.54, 1.807) is 7.11 Å². The minimum absolute atomic E-state index is 0.149. The van der Waals surface area contributed by atoms with Crippen molar-refractivity contribution >= 4 is 0 Å². The summed E-state index contributed by atoms with van der Waals surface area (Å²) in [5, 5.41) is 3.40. The lowest BCUT2D eigenvalue weighted by molar-refractivity contribution is 0.405. The van der Waals surface area contributed by atoms with Crippen LogP contribution in [0.15, 0.2) is 42.5 Å². The molecule has 100 valence electrons. The number of ether oxygens (including phenoxy) is 1. The fraction of sp³-hybridized carbons (Fsp3) is 0.294. The lowest BCUT2D eigenvalue weighted by Crippen LogP contribution is -2.19. The molecule has 0 aromatic heterocycles. The summed E-state index contributed by atoms with van der Waals surface area (Å²) in [5.74, 6) is 0.924.